The van der Waals surface area contributed by atoms with E-state index < -0.39 is 0 Å². The highest BCUT2D eigenvalue weighted by molar-refractivity contribution is 9.10. The van der Waals surface area contributed by atoms with Crippen molar-refractivity contribution in [3.05, 3.63) is 45.9 Å². The van der Waals surface area contributed by atoms with Crippen molar-refractivity contribution in [2.75, 3.05) is 5.32 Å². The zero-order valence-corrected chi connectivity index (χ0v) is 12.3. The van der Waals surface area contributed by atoms with Crippen molar-refractivity contribution >= 4 is 39.1 Å². The molecule has 0 aromatic carbocycles. The fourth-order valence-electron chi connectivity index (χ4n) is 1.94. The molecule has 6 heteroatoms. The molecule has 19 heavy (non-hydrogen) atoms. The van der Waals surface area contributed by atoms with Gasteiger partial charge in [0.2, 0.25) is 0 Å². The van der Waals surface area contributed by atoms with Crippen LogP contribution in [0.25, 0.3) is 0 Å². The first-order valence-electron chi connectivity index (χ1n) is 5.94. The quantitative estimate of drug-likeness (QED) is 0.862. The lowest BCUT2D eigenvalue weighted by atomic mass is 10.3. The second-order valence-corrected chi connectivity index (χ2v) is 5.69. The number of nitrogens with one attached hydrogen (secondary N) is 1. The van der Waals surface area contributed by atoms with E-state index in [4.69, 9.17) is 11.6 Å². The van der Waals surface area contributed by atoms with Gasteiger partial charge in [-0.05, 0) is 47.0 Å². The lowest BCUT2D eigenvalue weighted by Gasteiger charge is -2.09. The Kier molecular flexibility index (Phi) is 3.33. The highest BCUT2D eigenvalue weighted by Crippen LogP contribution is 2.36. The van der Waals surface area contributed by atoms with Crippen molar-refractivity contribution in [2.24, 2.45) is 0 Å². The number of amides is 1. The van der Waals surface area contributed by atoms with Gasteiger partial charge in [-0.25, -0.2) is 4.98 Å². The lowest BCUT2D eigenvalue weighted by Crippen LogP contribution is -2.16. The summed E-state index contributed by atoms with van der Waals surface area (Å²) in [5.74, 6) is -0.132. The SMILES string of the molecule is O=C(Nc1cnc(Cl)c(Br)c1)c1cccn1C1CC1. The summed E-state index contributed by atoms with van der Waals surface area (Å²) in [4.78, 5) is 16.2. The molecule has 0 atom stereocenters. The number of hydrogen-bond donors (Lipinski definition) is 1. The van der Waals surface area contributed by atoms with Crippen LogP contribution in [0.4, 0.5) is 5.69 Å². The second-order valence-electron chi connectivity index (χ2n) is 4.48. The second kappa shape index (κ2) is 4.98. The van der Waals surface area contributed by atoms with Gasteiger partial charge in [0, 0.05) is 12.2 Å². The zero-order valence-electron chi connectivity index (χ0n) is 9.94. The van der Waals surface area contributed by atoms with Gasteiger partial charge in [0.25, 0.3) is 5.91 Å². The van der Waals surface area contributed by atoms with Crippen LogP contribution in [0.15, 0.2) is 35.1 Å². The van der Waals surface area contributed by atoms with Crippen LogP contribution in [0.5, 0.6) is 0 Å². The molecule has 0 radical (unpaired) electrons. The van der Waals surface area contributed by atoms with Gasteiger partial charge in [-0.15, -0.1) is 0 Å². The Morgan fingerprint density at radius 1 is 1.53 bits per heavy atom. The molecule has 0 aliphatic heterocycles. The minimum Gasteiger partial charge on any atom is -0.340 e. The van der Waals surface area contributed by atoms with Crippen LogP contribution in [0.2, 0.25) is 5.15 Å². The zero-order chi connectivity index (χ0) is 13.4. The van der Waals surface area contributed by atoms with Crippen molar-refractivity contribution < 1.29 is 4.79 Å². The Labute approximate surface area is 123 Å². The van der Waals surface area contributed by atoms with Crippen LogP contribution < -0.4 is 5.32 Å². The van der Waals surface area contributed by atoms with Gasteiger partial charge in [0.1, 0.15) is 10.8 Å². The summed E-state index contributed by atoms with van der Waals surface area (Å²) in [7, 11) is 0. The predicted octanol–water partition coefficient (Wildman–Crippen LogP) is 3.89. The Hall–Kier alpha value is -1.33. The number of halogens is 2. The highest BCUT2D eigenvalue weighted by atomic mass is 79.9. The van der Waals surface area contributed by atoms with E-state index in [1.807, 2.05) is 22.9 Å². The molecule has 2 heterocycles. The summed E-state index contributed by atoms with van der Waals surface area (Å²) in [6.07, 6.45) is 5.77. The van der Waals surface area contributed by atoms with E-state index in [9.17, 15) is 4.79 Å². The third-order valence-corrected chi connectivity index (χ3v) is 4.14. The van der Waals surface area contributed by atoms with Crippen molar-refractivity contribution in [1.82, 2.24) is 9.55 Å². The maximum Gasteiger partial charge on any atom is 0.272 e. The summed E-state index contributed by atoms with van der Waals surface area (Å²) >= 11 is 9.10. The van der Waals surface area contributed by atoms with Crippen LogP contribution in [0, 0.1) is 0 Å². The lowest BCUT2D eigenvalue weighted by molar-refractivity contribution is 0.101. The fourth-order valence-corrected chi connectivity index (χ4v) is 2.39. The van der Waals surface area contributed by atoms with Crippen molar-refractivity contribution in [3.8, 4) is 0 Å². The normalized spacial score (nSPS) is 14.4. The number of pyridine rings is 1. The largest absolute Gasteiger partial charge is 0.340 e. The van der Waals surface area contributed by atoms with Crippen LogP contribution in [0.3, 0.4) is 0 Å². The van der Waals surface area contributed by atoms with E-state index in [2.05, 4.69) is 26.2 Å². The molecule has 1 N–H and O–H groups in total. The topological polar surface area (TPSA) is 46.9 Å². The first-order chi connectivity index (χ1) is 9.15. The van der Waals surface area contributed by atoms with E-state index >= 15 is 0 Å². The van der Waals surface area contributed by atoms with Crippen LogP contribution >= 0.6 is 27.5 Å². The molecule has 1 fully saturated rings. The van der Waals surface area contributed by atoms with Gasteiger partial charge >= 0.3 is 0 Å². The molecule has 0 bridgehead atoms. The van der Waals surface area contributed by atoms with E-state index in [1.54, 1.807) is 6.07 Å². The standard InChI is InChI=1S/C13H11BrClN3O/c14-10-6-8(7-16-12(10)15)17-13(19)11-2-1-5-18(11)9-3-4-9/h1-2,5-7,9H,3-4H2,(H,17,19). The molecule has 2 aromatic heterocycles. The molecule has 3 rings (SSSR count). The van der Waals surface area contributed by atoms with Crippen molar-refractivity contribution in [3.63, 3.8) is 0 Å². The third-order valence-electron chi connectivity index (χ3n) is 3.01. The van der Waals surface area contributed by atoms with Crippen molar-refractivity contribution in [2.45, 2.75) is 18.9 Å². The predicted molar refractivity (Wildman–Crippen MR) is 77.6 cm³/mol. The van der Waals surface area contributed by atoms with Gasteiger partial charge < -0.3 is 9.88 Å². The Bertz CT molecular complexity index is 637. The van der Waals surface area contributed by atoms with Crippen molar-refractivity contribution in [1.29, 1.82) is 0 Å². The minimum atomic E-state index is -0.132. The number of aromatic nitrogens is 2. The molecule has 98 valence electrons. The van der Waals surface area contributed by atoms with Gasteiger partial charge in [-0.1, -0.05) is 11.6 Å². The number of carbonyl (C=O) groups excluding carboxylic acids is 1. The average Bonchev–Trinajstić information content (AvgIpc) is 3.11. The smallest absolute Gasteiger partial charge is 0.272 e. The molecule has 2 aromatic rings. The summed E-state index contributed by atoms with van der Waals surface area (Å²) < 4.78 is 2.68. The minimum absolute atomic E-state index is 0.132. The molecule has 0 unspecified atom stereocenters. The molecule has 0 spiro atoms. The summed E-state index contributed by atoms with van der Waals surface area (Å²) in [6, 6.07) is 5.93. The van der Waals surface area contributed by atoms with E-state index in [-0.39, 0.29) is 5.91 Å². The molecule has 1 amide bonds. The highest BCUT2D eigenvalue weighted by Gasteiger charge is 2.26. The Balaban J connectivity index is 1.80. The third kappa shape index (κ3) is 2.67. The average molecular weight is 341 g/mol. The monoisotopic (exact) mass is 339 g/mol. The molecular weight excluding hydrogens is 330 g/mol. The number of anilines is 1. The number of rotatable bonds is 3. The summed E-state index contributed by atoms with van der Waals surface area (Å²) in [6.45, 7) is 0. The maximum absolute atomic E-state index is 12.2. The van der Waals surface area contributed by atoms with Gasteiger partial charge in [0.05, 0.1) is 16.4 Å². The van der Waals surface area contributed by atoms with E-state index in [0.29, 0.717) is 27.0 Å². The van der Waals surface area contributed by atoms with Gasteiger partial charge in [-0.3, -0.25) is 4.79 Å². The number of nitrogens with zero attached hydrogens (tertiary/aromatic N) is 2. The Morgan fingerprint density at radius 2 is 2.32 bits per heavy atom. The molecule has 0 saturated heterocycles. The summed E-state index contributed by atoms with van der Waals surface area (Å²) in [5.41, 5.74) is 1.29. The first kappa shape index (κ1) is 12.7. The number of hydrogen-bond acceptors (Lipinski definition) is 2. The van der Waals surface area contributed by atoms with Gasteiger partial charge in [-0.2, -0.15) is 0 Å². The van der Waals surface area contributed by atoms with Crippen LogP contribution in [-0.2, 0) is 0 Å². The maximum atomic E-state index is 12.2. The fraction of sp³-hybridized carbons (Fsp3) is 0.231. The molecule has 4 nitrogen and oxygen atoms in total. The van der Waals surface area contributed by atoms with E-state index in [1.165, 1.54) is 6.20 Å². The summed E-state index contributed by atoms with van der Waals surface area (Å²) in [5, 5.41) is 3.20. The molecular formula is C13H11BrClN3O. The van der Waals surface area contributed by atoms with Crippen LogP contribution in [0.1, 0.15) is 29.4 Å². The molecule has 1 aliphatic rings. The molecule has 1 aliphatic carbocycles. The Morgan fingerprint density at radius 3 is 3.00 bits per heavy atom. The van der Waals surface area contributed by atoms with Crippen LogP contribution in [-0.4, -0.2) is 15.5 Å². The van der Waals surface area contributed by atoms with E-state index in [0.717, 1.165) is 12.8 Å². The van der Waals surface area contributed by atoms with Gasteiger partial charge in [0.15, 0.2) is 0 Å². The first-order valence-corrected chi connectivity index (χ1v) is 7.11. The molecule has 1 saturated carbocycles. The number of carbonyl (C=O) groups is 1.